The molecule has 9 heteroatoms. The number of ketones is 2. The number of methoxy groups -OCH3 is 1. The van der Waals surface area contributed by atoms with E-state index in [4.69, 9.17) is 4.74 Å². The summed E-state index contributed by atoms with van der Waals surface area (Å²) in [5.74, 6) is -1.20. The summed E-state index contributed by atoms with van der Waals surface area (Å²) >= 11 is 0. The van der Waals surface area contributed by atoms with Crippen LogP contribution in [0.3, 0.4) is 0 Å². The lowest BCUT2D eigenvalue weighted by atomic mass is 9.90. The summed E-state index contributed by atoms with van der Waals surface area (Å²) < 4.78 is 33.6. The van der Waals surface area contributed by atoms with E-state index in [1.807, 2.05) is 6.92 Å². The quantitative estimate of drug-likeness (QED) is 0.465. The molecule has 0 bridgehead atoms. The molecule has 1 fully saturated rings. The molecular formula is C20H21F2N3O4. The van der Waals surface area contributed by atoms with Crippen LogP contribution in [0, 0.1) is 13.8 Å². The molecule has 1 aliphatic rings. The van der Waals surface area contributed by atoms with E-state index in [2.05, 4.69) is 10.1 Å². The van der Waals surface area contributed by atoms with Gasteiger partial charge in [-0.3, -0.25) is 19.3 Å². The SMILES string of the molecule is COc1c(C)cnc(Cn2cc(C(O)=C3C(=O)CCCC3=O)c(C(F)F)n2)c1C. The maximum atomic E-state index is 13.5. The minimum atomic E-state index is -3.00. The Bertz CT molecular complexity index is 993. The first kappa shape index (κ1) is 20.6. The van der Waals surface area contributed by atoms with Gasteiger partial charge < -0.3 is 9.84 Å². The molecule has 3 rings (SSSR count). The summed E-state index contributed by atoms with van der Waals surface area (Å²) in [5, 5.41) is 14.3. The van der Waals surface area contributed by atoms with Gasteiger partial charge in [0.1, 0.15) is 22.8 Å². The first-order valence-electron chi connectivity index (χ1n) is 9.09. The fourth-order valence-corrected chi connectivity index (χ4v) is 3.46. The van der Waals surface area contributed by atoms with Gasteiger partial charge in [0.05, 0.1) is 24.9 Å². The van der Waals surface area contributed by atoms with Gasteiger partial charge in [0, 0.05) is 36.4 Å². The number of carbonyl (C=O) groups excluding carboxylic acids is 2. The third-order valence-corrected chi connectivity index (χ3v) is 4.92. The molecule has 1 aliphatic carbocycles. The van der Waals surface area contributed by atoms with Crippen LogP contribution in [0.15, 0.2) is 18.0 Å². The summed E-state index contributed by atoms with van der Waals surface area (Å²) in [6.45, 7) is 3.68. The van der Waals surface area contributed by atoms with Crippen LogP contribution < -0.4 is 4.74 Å². The lowest BCUT2D eigenvalue weighted by Crippen LogP contribution is -2.20. The normalized spacial score (nSPS) is 14.6. The van der Waals surface area contributed by atoms with Crippen molar-refractivity contribution in [3.63, 3.8) is 0 Å². The van der Waals surface area contributed by atoms with E-state index in [0.717, 1.165) is 11.1 Å². The highest BCUT2D eigenvalue weighted by Gasteiger charge is 2.31. The maximum absolute atomic E-state index is 13.5. The first-order valence-corrected chi connectivity index (χ1v) is 9.09. The molecule has 0 amide bonds. The van der Waals surface area contributed by atoms with Crippen molar-refractivity contribution >= 4 is 17.3 Å². The first-order chi connectivity index (χ1) is 13.7. The largest absolute Gasteiger partial charge is 0.506 e. The topological polar surface area (TPSA) is 94.3 Å². The van der Waals surface area contributed by atoms with Crippen molar-refractivity contribution in [3.8, 4) is 5.75 Å². The summed E-state index contributed by atoms with van der Waals surface area (Å²) in [6.07, 6.45) is 0.385. The Morgan fingerprint density at radius 3 is 2.52 bits per heavy atom. The highest BCUT2D eigenvalue weighted by molar-refractivity contribution is 6.25. The van der Waals surface area contributed by atoms with E-state index in [-0.39, 0.29) is 24.9 Å². The number of rotatable bonds is 5. The van der Waals surface area contributed by atoms with E-state index < -0.39 is 35.0 Å². The molecule has 1 N–H and O–H groups in total. The Labute approximate surface area is 166 Å². The van der Waals surface area contributed by atoms with E-state index in [9.17, 15) is 23.5 Å². The number of nitrogens with zero attached hydrogens (tertiary/aromatic N) is 3. The standard InChI is InChI=1S/C20H21F2N3O4/c1-10-7-23-13(11(2)19(10)29-3)9-25-8-12(17(24-25)20(21)22)18(28)16-14(26)5-4-6-15(16)27/h7-8,20,28H,4-6,9H2,1-3H3. The number of Topliss-reactive ketones (excluding diaryl/α,β-unsaturated/α-hetero) is 2. The van der Waals surface area contributed by atoms with Gasteiger partial charge in [-0.2, -0.15) is 5.10 Å². The highest BCUT2D eigenvalue weighted by Crippen LogP contribution is 2.31. The molecule has 0 aromatic carbocycles. The molecule has 0 atom stereocenters. The molecule has 0 radical (unpaired) electrons. The molecule has 1 saturated carbocycles. The van der Waals surface area contributed by atoms with Gasteiger partial charge in [-0.25, -0.2) is 8.78 Å². The van der Waals surface area contributed by atoms with Crippen LogP contribution in [0.1, 0.15) is 53.8 Å². The smallest absolute Gasteiger partial charge is 0.282 e. The molecule has 0 unspecified atom stereocenters. The Morgan fingerprint density at radius 1 is 1.28 bits per heavy atom. The van der Waals surface area contributed by atoms with Crippen LogP contribution in [-0.2, 0) is 16.1 Å². The van der Waals surface area contributed by atoms with Crippen molar-refractivity contribution in [2.24, 2.45) is 0 Å². The van der Waals surface area contributed by atoms with Crippen molar-refractivity contribution in [2.75, 3.05) is 7.11 Å². The van der Waals surface area contributed by atoms with Gasteiger partial charge in [0.25, 0.3) is 6.43 Å². The highest BCUT2D eigenvalue weighted by atomic mass is 19.3. The fraction of sp³-hybridized carbons (Fsp3) is 0.400. The van der Waals surface area contributed by atoms with Crippen LogP contribution in [0.4, 0.5) is 8.78 Å². The molecular weight excluding hydrogens is 384 g/mol. The summed E-state index contributed by atoms with van der Waals surface area (Å²) in [5.41, 5.74) is 0.680. The number of aliphatic hydroxyl groups is 1. The lowest BCUT2D eigenvalue weighted by molar-refractivity contribution is -0.123. The molecule has 2 aromatic heterocycles. The molecule has 7 nitrogen and oxygen atoms in total. The van der Waals surface area contributed by atoms with Gasteiger partial charge in [0.15, 0.2) is 11.6 Å². The summed E-state index contributed by atoms with van der Waals surface area (Å²) in [4.78, 5) is 28.4. The molecule has 154 valence electrons. The van der Waals surface area contributed by atoms with Crippen molar-refractivity contribution in [1.29, 1.82) is 0 Å². The zero-order chi connectivity index (χ0) is 21.3. The number of pyridine rings is 1. The number of aliphatic hydroxyl groups excluding tert-OH is 1. The van der Waals surface area contributed by atoms with Crippen LogP contribution >= 0.6 is 0 Å². The van der Waals surface area contributed by atoms with Crippen molar-refractivity contribution in [2.45, 2.75) is 46.1 Å². The minimum Gasteiger partial charge on any atom is -0.506 e. The Morgan fingerprint density at radius 2 is 1.93 bits per heavy atom. The Hall–Kier alpha value is -3.10. The molecule has 2 aromatic rings. The maximum Gasteiger partial charge on any atom is 0.282 e. The van der Waals surface area contributed by atoms with E-state index in [1.165, 1.54) is 18.0 Å². The third kappa shape index (κ3) is 3.90. The van der Waals surface area contributed by atoms with Gasteiger partial charge in [0.2, 0.25) is 0 Å². The molecule has 2 heterocycles. The fourth-order valence-electron chi connectivity index (χ4n) is 3.46. The third-order valence-electron chi connectivity index (χ3n) is 4.92. The van der Waals surface area contributed by atoms with Crippen LogP contribution in [0.2, 0.25) is 0 Å². The van der Waals surface area contributed by atoms with Crippen molar-refractivity contribution in [1.82, 2.24) is 14.8 Å². The Kier molecular flexibility index (Phi) is 5.76. The lowest BCUT2D eigenvalue weighted by Gasteiger charge is -2.13. The number of aromatic nitrogens is 3. The summed E-state index contributed by atoms with van der Waals surface area (Å²) in [6, 6.07) is 0. The number of alkyl halides is 2. The van der Waals surface area contributed by atoms with Crippen molar-refractivity contribution < 1.29 is 28.2 Å². The molecule has 0 aliphatic heterocycles. The average molecular weight is 405 g/mol. The van der Waals surface area contributed by atoms with Gasteiger partial charge >= 0.3 is 0 Å². The predicted molar refractivity (Wildman–Crippen MR) is 100.0 cm³/mol. The van der Waals surface area contributed by atoms with E-state index in [0.29, 0.717) is 17.9 Å². The second kappa shape index (κ2) is 8.10. The van der Waals surface area contributed by atoms with Crippen LogP contribution in [0.25, 0.3) is 5.76 Å². The van der Waals surface area contributed by atoms with Gasteiger partial charge in [-0.1, -0.05) is 0 Å². The summed E-state index contributed by atoms with van der Waals surface area (Å²) in [7, 11) is 1.53. The predicted octanol–water partition coefficient (Wildman–Crippen LogP) is 3.48. The average Bonchev–Trinajstić information content (AvgIpc) is 3.08. The second-order valence-corrected chi connectivity index (χ2v) is 6.90. The van der Waals surface area contributed by atoms with Gasteiger partial charge in [-0.05, 0) is 20.3 Å². The van der Waals surface area contributed by atoms with Crippen LogP contribution in [0.5, 0.6) is 5.75 Å². The van der Waals surface area contributed by atoms with E-state index in [1.54, 1.807) is 13.1 Å². The number of carbonyl (C=O) groups is 2. The molecule has 0 spiro atoms. The second-order valence-electron chi connectivity index (χ2n) is 6.90. The number of ether oxygens (including phenoxy) is 1. The molecule has 29 heavy (non-hydrogen) atoms. The van der Waals surface area contributed by atoms with Gasteiger partial charge in [-0.15, -0.1) is 0 Å². The minimum absolute atomic E-state index is 0.0483. The number of allylic oxidation sites excluding steroid dienone is 1. The van der Waals surface area contributed by atoms with Crippen molar-refractivity contribution in [3.05, 3.63) is 46.0 Å². The van der Waals surface area contributed by atoms with E-state index >= 15 is 0 Å². The zero-order valence-corrected chi connectivity index (χ0v) is 16.3. The number of hydrogen-bond acceptors (Lipinski definition) is 6. The molecule has 0 saturated heterocycles. The zero-order valence-electron chi connectivity index (χ0n) is 16.3. The number of aryl methyl sites for hydroxylation is 1. The monoisotopic (exact) mass is 405 g/mol. The number of halogens is 2. The number of hydrogen-bond donors (Lipinski definition) is 1. The Balaban J connectivity index is 2.05. The van der Waals surface area contributed by atoms with Crippen LogP contribution in [-0.4, -0.2) is 38.5 Å².